The number of nitrogen functional groups attached to an aromatic ring is 1. The second kappa shape index (κ2) is 6.22. The number of hydrogen-bond donors (Lipinski definition) is 1. The van der Waals surface area contributed by atoms with Gasteiger partial charge in [-0.2, -0.15) is 0 Å². The van der Waals surface area contributed by atoms with Gasteiger partial charge in [0.1, 0.15) is 11.9 Å². The van der Waals surface area contributed by atoms with Gasteiger partial charge in [-0.15, -0.1) is 0 Å². The Morgan fingerprint density at radius 2 is 1.55 bits per heavy atom. The summed E-state index contributed by atoms with van der Waals surface area (Å²) in [6.45, 7) is 4.12. The molecular weight excluding hydrogens is 258 g/mol. The van der Waals surface area contributed by atoms with Crippen LogP contribution in [-0.2, 0) is 4.74 Å². The van der Waals surface area contributed by atoms with Gasteiger partial charge in [0, 0.05) is 25.0 Å². The van der Waals surface area contributed by atoms with Crippen LogP contribution < -0.4 is 19.9 Å². The summed E-state index contributed by atoms with van der Waals surface area (Å²) < 4.78 is 22.2. The van der Waals surface area contributed by atoms with Crippen molar-refractivity contribution in [3.05, 3.63) is 12.1 Å². The summed E-state index contributed by atoms with van der Waals surface area (Å²) in [6, 6.07) is 3.50. The summed E-state index contributed by atoms with van der Waals surface area (Å²) in [5.41, 5.74) is 6.57. The van der Waals surface area contributed by atoms with E-state index in [2.05, 4.69) is 13.8 Å². The smallest absolute Gasteiger partial charge is 0.164 e. The molecule has 1 aliphatic heterocycles. The monoisotopic (exact) mass is 281 g/mol. The molecule has 1 saturated heterocycles. The first-order valence-corrected chi connectivity index (χ1v) is 6.87. The number of rotatable bonds is 4. The highest BCUT2D eigenvalue weighted by molar-refractivity contribution is 5.62. The molecule has 5 nitrogen and oxygen atoms in total. The molecule has 5 heteroatoms. The van der Waals surface area contributed by atoms with Gasteiger partial charge in [0.25, 0.3) is 0 Å². The molecular formula is C15H23NO4. The largest absolute Gasteiger partial charge is 0.493 e. The summed E-state index contributed by atoms with van der Waals surface area (Å²) in [5.74, 6) is 1.85. The van der Waals surface area contributed by atoms with Crippen LogP contribution in [0.5, 0.6) is 17.2 Å². The molecule has 2 rings (SSSR count). The molecule has 1 aromatic carbocycles. The first-order valence-electron chi connectivity index (χ1n) is 6.87. The zero-order valence-electron chi connectivity index (χ0n) is 12.5. The molecule has 2 unspecified atom stereocenters. The molecule has 0 saturated carbocycles. The van der Waals surface area contributed by atoms with Gasteiger partial charge >= 0.3 is 0 Å². The van der Waals surface area contributed by atoms with E-state index in [9.17, 15) is 0 Å². The van der Waals surface area contributed by atoms with Crippen molar-refractivity contribution >= 4 is 5.69 Å². The van der Waals surface area contributed by atoms with Gasteiger partial charge in [0.05, 0.1) is 32.1 Å². The lowest BCUT2D eigenvalue weighted by molar-refractivity contribution is -0.0720. The Morgan fingerprint density at radius 1 is 1.00 bits per heavy atom. The predicted molar refractivity (Wildman–Crippen MR) is 77.6 cm³/mol. The molecule has 1 heterocycles. The summed E-state index contributed by atoms with van der Waals surface area (Å²) in [7, 11) is 3.18. The quantitative estimate of drug-likeness (QED) is 0.860. The van der Waals surface area contributed by atoms with Crippen molar-refractivity contribution in [1.29, 1.82) is 0 Å². The van der Waals surface area contributed by atoms with Crippen molar-refractivity contribution in [3.63, 3.8) is 0 Å². The minimum atomic E-state index is 0.106. The van der Waals surface area contributed by atoms with Crippen molar-refractivity contribution in [2.45, 2.75) is 45.0 Å². The van der Waals surface area contributed by atoms with Crippen molar-refractivity contribution < 1.29 is 18.9 Å². The zero-order valence-corrected chi connectivity index (χ0v) is 12.5. The molecule has 1 aromatic rings. The van der Waals surface area contributed by atoms with E-state index in [0.29, 0.717) is 22.9 Å². The summed E-state index contributed by atoms with van der Waals surface area (Å²) in [5, 5.41) is 0. The third kappa shape index (κ3) is 3.28. The van der Waals surface area contributed by atoms with Crippen molar-refractivity contribution in [2.24, 2.45) is 0 Å². The Morgan fingerprint density at radius 3 is 2.10 bits per heavy atom. The van der Waals surface area contributed by atoms with Crippen LogP contribution in [0.4, 0.5) is 5.69 Å². The molecule has 2 atom stereocenters. The van der Waals surface area contributed by atoms with Gasteiger partial charge in [-0.05, 0) is 13.8 Å². The Hall–Kier alpha value is -1.62. The number of methoxy groups -OCH3 is 2. The highest BCUT2D eigenvalue weighted by atomic mass is 16.5. The lowest BCUT2D eigenvalue weighted by Crippen LogP contribution is -2.35. The minimum Gasteiger partial charge on any atom is -0.493 e. The van der Waals surface area contributed by atoms with E-state index in [1.54, 1.807) is 26.4 Å². The Kier molecular flexibility index (Phi) is 4.60. The van der Waals surface area contributed by atoms with Gasteiger partial charge in [-0.1, -0.05) is 0 Å². The molecule has 0 radical (unpaired) electrons. The number of anilines is 1. The van der Waals surface area contributed by atoms with Crippen molar-refractivity contribution in [2.75, 3.05) is 20.0 Å². The minimum absolute atomic E-state index is 0.106. The van der Waals surface area contributed by atoms with Crippen molar-refractivity contribution in [3.8, 4) is 17.2 Å². The summed E-state index contributed by atoms with van der Waals surface area (Å²) in [6.07, 6.45) is 2.22. The molecule has 1 aliphatic rings. The fraction of sp³-hybridized carbons (Fsp3) is 0.600. The van der Waals surface area contributed by atoms with E-state index in [-0.39, 0.29) is 18.3 Å². The second-order valence-electron chi connectivity index (χ2n) is 5.21. The Balaban J connectivity index is 2.16. The highest BCUT2D eigenvalue weighted by Crippen LogP contribution is 2.37. The second-order valence-corrected chi connectivity index (χ2v) is 5.21. The highest BCUT2D eigenvalue weighted by Gasteiger charge is 2.26. The third-order valence-electron chi connectivity index (χ3n) is 3.46. The number of benzene rings is 1. The maximum atomic E-state index is 6.03. The summed E-state index contributed by atoms with van der Waals surface area (Å²) in [4.78, 5) is 0. The molecule has 0 aliphatic carbocycles. The first-order chi connectivity index (χ1) is 9.53. The zero-order chi connectivity index (χ0) is 14.7. The molecule has 1 fully saturated rings. The van der Waals surface area contributed by atoms with Gasteiger partial charge in [-0.25, -0.2) is 0 Å². The van der Waals surface area contributed by atoms with Crippen LogP contribution in [0.25, 0.3) is 0 Å². The standard InChI is InChI=1S/C15H23NO4/c1-9-5-11(6-10(2)19-9)20-13-8-15(18-4)14(17-3)7-12(13)16/h7-11H,5-6,16H2,1-4H3. The average Bonchev–Trinajstić information content (AvgIpc) is 2.39. The number of ether oxygens (including phenoxy) is 4. The molecule has 20 heavy (non-hydrogen) atoms. The molecule has 0 bridgehead atoms. The lowest BCUT2D eigenvalue weighted by Gasteiger charge is -2.32. The maximum absolute atomic E-state index is 6.03. The van der Waals surface area contributed by atoms with Crippen LogP contribution in [0.1, 0.15) is 26.7 Å². The van der Waals surface area contributed by atoms with E-state index in [1.807, 2.05) is 0 Å². The normalized spacial score (nSPS) is 26.1. The SMILES string of the molecule is COc1cc(N)c(OC2CC(C)OC(C)C2)cc1OC. The van der Waals surface area contributed by atoms with E-state index >= 15 is 0 Å². The van der Waals surface area contributed by atoms with Gasteiger partial charge < -0.3 is 24.7 Å². The van der Waals surface area contributed by atoms with Crippen LogP contribution >= 0.6 is 0 Å². The van der Waals surface area contributed by atoms with Crippen LogP contribution in [-0.4, -0.2) is 32.5 Å². The van der Waals surface area contributed by atoms with Crippen LogP contribution in [0.2, 0.25) is 0 Å². The number of nitrogens with two attached hydrogens (primary N) is 1. The Bertz CT molecular complexity index is 453. The van der Waals surface area contributed by atoms with E-state index < -0.39 is 0 Å². The third-order valence-corrected chi connectivity index (χ3v) is 3.46. The lowest BCUT2D eigenvalue weighted by atomic mass is 10.0. The van der Waals surface area contributed by atoms with Gasteiger partial charge in [0.15, 0.2) is 11.5 Å². The number of hydrogen-bond acceptors (Lipinski definition) is 5. The van der Waals surface area contributed by atoms with E-state index in [4.69, 9.17) is 24.7 Å². The molecule has 0 aromatic heterocycles. The summed E-state index contributed by atoms with van der Waals surface area (Å²) >= 11 is 0. The molecule has 0 amide bonds. The first kappa shape index (κ1) is 14.8. The van der Waals surface area contributed by atoms with E-state index in [1.165, 1.54) is 0 Å². The van der Waals surface area contributed by atoms with Crippen LogP contribution in [0.3, 0.4) is 0 Å². The van der Waals surface area contributed by atoms with Crippen LogP contribution in [0.15, 0.2) is 12.1 Å². The fourth-order valence-corrected chi connectivity index (χ4v) is 2.60. The van der Waals surface area contributed by atoms with Gasteiger partial charge in [0.2, 0.25) is 0 Å². The fourth-order valence-electron chi connectivity index (χ4n) is 2.60. The van der Waals surface area contributed by atoms with Crippen molar-refractivity contribution in [1.82, 2.24) is 0 Å². The van der Waals surface area contributed by atoms with Crippen LogP contribution in [0, 0.1) is 0 Å². The van der Waals surface area contributed by atoms with E-state index in [0.717, 1.165) is 12.8 Å². The average molecular weight is 281 g/mol. The Labute approximate surface area is 120 Å². The molecule has 2 N–H and O–H groups in total. The maximum Gasteiger partial charge on any atom is 0.164 e. The van der Waals surface area contributed by atoms with Gasteiger partial charge in [-0.3, -0.25) is 0 Å². The molecule has 0 spiro atoms. The molecule has 112 valence electrons. The topological polar surface area (TPSA) is 62.9 Å². The predicted octanol–water partition coefficient (Wildman–Crippen LogP) is 2.62.